The van der Waals surface area contributed by atoms with E-state index < -0.39 is 35.4 Å². The number of rotatable bonds is 12. The molecule has 0 radical (unpaired) electrons. The zero-order valence-corrected chi connectivity index (χ0v) is 25.8. The first kappa shape index (κ1) is 32.3. The first-order chi connectivity index (χ1) is 20.7. The van der Waals surface area contributed by atoms with E-state index in [0.717, 1.165) is 21.3 Å². The number of imidazole rings is 1. The van der Waals surface area contributed by atoms with Crippen LogP contribution in [-0.2, 0) is 37.6 Å². The van der Waals surface area contributed by atoms with Gasteiger partial charge in [0.1, 0.15) is 18.1 Å². The number of nitrogens with zero attached hydrogens (tertiary/aromatic N) is 4. The molecule has 14 heteroatoms. The van der Waals surface area contributed by atoms with Crippen LogP contribution < -0.4 is 16.0 Å². The molecule has 0 saturated carbocycles. The van der Waals surface area contributed by atoms with Crippen LogP contribution in [0.5, 0.6) is 5.75 Å². The summed E-state index contributed by atoms with van der Waals surface area (Å²) < 4.78 is 43.8. The third kappa shape index (κ3) is 7.13. The maximum absolute atomic E-state index is 15.0. The van der Waals surface area contributed by atoms with Crippen molar-refractivity contribution in [1.29, 1.82) is 5.41 Å². The van der Waals surface area contributed by atoms with Crippen LogP contribution in [0.2, 0.25) is 0 Å². The highest BCUT2D eigenvalue weighted by molar-refractivity contribution is 5.73. The summed E-state index contributed by atoms with van der Waals surface area (Å²) in [6, 6.07) is 3.75. The van der Waals surface area contributed by atoms with Gasteiger partial charge in [-0.15, -0.1) is 0 Å². The van der Waals surface area contributed by atoms with Crippen molar-refractivity contribution >= 4 is 23.1 Å². The van der Waals surface area contributed by atoms with Gasteiger partial charge in [0.25, 0.3) is 6.08 Å². The molecule has 3 heterocycles. The van der Waals surface area contributed by atoms with Gasteiger partial charge in [0.05, 0.1) is 25.4 Å². The van der Waals surface area contributed by atoms with E-state index in [1.807, 2.05) is 33.8 Å². The maximum Gasteiger partial charge on any atom is 0.519 e. The van der Waals surface area contributed by atoms with Gasteiger partial charge < -0.3 is 27.6 Å². The van der Waals surface area contributed by atoms with E-state index in [0.29, 0.717) is 12.2 Å². The molecule has 0 aliphatic carbocycles. The van der Waals surface area contributed by atoms with Crippen molar-refractivity contribution in [2.45, 2.75) is 79.0 Å². The van der Waals surface area contributed by atoms with Gasteiger partial charge in [-0.25, -0.2) is 9.78 Å². The van der Waals surface area contributed by atoms with Gasteiger partial charge in [-0.2, -0.15) is 9.37 Å². The molecular weight excluding hydrogens is 577 g/mol. The van der Waals surface area contributed by atoms with E-state index in [1.54, 1.807) is 10.6 Å². The van der Waals surface area contributed by atoms with Crippen LogP contribution in [0.3, 0.4) is 0 Å². The number of halogens is 1. The monoisotopic (exact) mass is 613 g/mol. The van der Waals surface area contributed by atoms with E-state index in [2.05, 4.69) is 9.97 Å². The SMILES string of the molecule is COC(CCn1cnc2c(=N)n(Cc3oc(=O)oc3C)c(F)nc21)COC(=O)CC(C)(C)c1c(C)cc(C)cc1OC(C)=O. The Morgan fingerprint density at radius 3 is 2.55 bits per heavy atom. The van der Waals surface area contributed by atoms with E-state index >= 15 is 0 Å². The lowest BCUT2D eigenvalue weighted by Crippen LogP contribution is -2.28. The van der Waals surface area contributed by atoms with Gasteiger partial charge >= 0.3 is 17.8 Å². The minimum atomic E-state index is -0.965. The second-order valence-electron chi connectivity index (χ2n) is 11.3. The maximum atomic E-state index is 15.0. The van der Waals surface area contributed by atoms with Crippen LogP contribution in [0.15, 0.2) is 32.1 Å². The van der Waals surface area contributed by atoms with E-state index in [1.165, 1.54) is 27.3 Å². The Morgan fingerprint density at radius 1 is 1.18 bits per heavy atom. The number of hydrogen-bond acceptors (Lipinski definition) is 11. The Morgan fingerprint density at radius 2 is 1.91 bits per heavy atom. The molecule has 0 spiro atoms. The molecule has 1 N–H and O–H groups in total. The average Bonchev–Trinajstić information content (AvgIpc) is 3.46. The van der Waals surface area contributed by atoms with Crippen LogP contribution in [0.4, 0.5) is 4.39 Å². The molecule has 0 saturated heterocycles. The average molecular weight is 614 g/mol. The van der Waals surface area contributed by atoms with E-state index in [-0.39, 0.29) is 54.3 Å². The molecule has 4 rings (SSSR count). The Labute approximate surface area is 252 Å². The minimum absolute atomic E-state index is 0.0253. The quantitative estimate of drug-likeness (QED) is 0.142. The number of fused-ring (bicyclic) bond motifs is 1. The zero-order valence-electron chi connectivity index (χ0n) is 25.8. The molecule has 44 heavy (non-hydrogen) atoms. The lowest BCUT2D eigenvalue weighted by molar-refractivity contribution is -0.148. The molecule has 0 amide bonds. The van der Waals surface area contributed by atoms with Crippen molar-refractivity contribution in [2.24, 2.45) is 0 Å². The summed E-state index contributed by atoms with van der Waals surface area (Å²) in [5, 5.41) is 8.44. The van der Waals surface area contributed by atoms with E-state index in [4.69, 9.17) is 28.5 Å². The molecule has 13 nitrogen and oxygen atoms in total. The summed E-state index contributed by atoms with van der Waals surface area (Å²) >= 11 is 0. The predicted octanol–water partition coefficient (Wildman–Crippen LogP) is 3.61. The fraction of sp³-hybridized carbons (Fsp3) is 0.467. The number of aromatic nitrogens is 4. The Balaban J connectivity index is 1.41. The number of esters is 2. The van der Waals surface area contributed by atoms with Crippen molar-refractivity contribution in [2.75, 3.05) is 13.7 Å². The molecule has 3 aromatic heterocycles. The fourth-order valence-electron chi connectivity index (χ4n) is 5.27. The molecule has 1 atom stereocenters. The van der Waals surface area contributed by atoms with Gasteiger partial charge in [-0.1, -0.05) is 19.9 Å². The second kappa shape index (κ2) is 13.0. The molecule has 1 unspecified atom stereocenters. The molecular formula is C30H36FN5O8. The highest BCUT2D eigenvalue weighted by Crippen LogP contribution is 2.38. The number of benzene rings is 1. The third-order valence-electron chi connectivity index (χ3n) is 7.28. The number of carbonyl (C=O) groups excluding carboxylic acids is 2. The molecule has 1 aromatic carbocycles. The van der Waals surface area contributed by atoms with Crippen LogP contribution >= 0.6 is 0 Å². The number of aryl methyl sites for hydroxylation is 4. The lowest BCUT2D eigenvalue weighted by atomic mass is 9.78. The summed E-state index contributed by atoms with van der Waals surface area (Å²) in [7, 11) is 1.49. The largest absolute Gasteiger partial charge is 0.519 e. The van der Waals surface area contributed by atoms with Crippen LogP contribution in [-0.4, -0.2) is 50.9 Å². The van der Waals surface area contributed by atoms with Crippen LogP contribution in [0, 0.1) is 32.3 Å². The standard InChI is InChI=1S/C30H36FN5O8/c1-16-10-17(2)24(21(11-16)43-19(4)37)30(5,6)12-23(38)41-14-20(40-7)8-9-35-15-33-25-26(32)36(28(31)34-27(25)35)13-22-18(3)42-29(39)44-22/h10-11,15,20,32H,8-9,12-14H2,1-7H3. The number of nitrogens with one attached hydrogen (secondary N) is 1. The Hall–Kier alpha value is -4.59. The second-order valence-corrected chi connectivity index (χ2v) is 11.3. The summed E-state index contributed by atoms with van der Waals surface area (Å²) in [5.41, 5.74) is 1.94. The number of ether oxygens (including phenoxy) is 3. The zero-order chi connectivity index (χ0) is 32.3. The van der Waals surface area contributed by atoms with Gasteiger partial charge in [0, 0.05) is 31.6 Å². The molecule has 0 bridgehead atoms. The molecule has 0 fully saturated rings. The number of hydrogen-bond donors (Lipinski definition) is 1. The Bertz CT molecular complexity index is 1820. The van der Waals surface area contributed by atoms with Crippen molar-refractivity contribution in [1.82, 2.24) is 19.1 Å². The smallest absolute Gasteiger partial charge is 0.463 e. The van der Waals surface area contributed by atoms with Crippen LogP contribution in [0.1, 0.15) is 61.8 Å². The van der Waals surface area contributed by atoms with Crippen molar-refractivity contribution in [3.63, 3.8) is 0 Å². The molecule has 0 aliphatic heterocycles. The van der Waals surface area contributed by atoms with Crippen molar-refractivity contribution in [3.05, 3.63) is 68.9 Å². The topological polar surface area (TPSA) is 165 Å². The van der Waals surface area contributed by atoms with Crippen molar-refractivity contribution in [3.8, 4) is 5.75 Å². The summed E-state index contributed by atoms with van der Waals surface area (Å²) in [5.74, 6) is -1.13. The normalized spacial score (nSPS) is 12.5. The van der Waals surface area contributed by atoms with Gasteiger partial charge in [0.15, 0.2) is 22.4 Å². The summed E-state index contributed by atoms with van der Waals surface area (Å²) in [4.78, 5) is 44.2. The summed E-state index contributed by atoms with van der Waals surface area (Å²) in [6.07, 6.45) is 0.391. The van der Waals surface area contributed by atoms with Gasteiger partial charge in [0.2, 0.25) is 0 Å². The molecule has 0 aliphatic rings. The van der Waals surface area contributed by atoms with Crippen LogP contribution in [0.25, 0.3) is 11.2 Å². The highest BCUT2D eigenvalue weighted by Gasteiger charge is 2.31. The van der Waals surface area contributed by atoms with E-state index in [9.17, 15) is 18.8 Å². The highest BCUT2D eigenvalue weighted by atomic mass is 19.1. The first-order valence-electron chi connectivity index (χ1n) is 13.9. The lowest BCUT2D eigenvalue weighted by Gasteiger charge is -2.29. The first-order valence-corrected chi connectivity index (χ1v) is 13.9. The number of carbonyl (C=O) groups is 2. The minimum Gasteiger partial charge on any atom is -0.463 e. The fourth-order valence-corrected chi connectivity index (χ4v) is 5.27. The summed E-state index contributed by atoms with van der Waals surface area (Å²) in [6.45, 7) is 10.4. The van der Waals surface area contributed by atoms with Gasteiger partial charge in [-0.05, 0) is 44.4 Å². The predicted molar refractivity (Wildman–Crippen MR) is 154 cm³/mol. The van der Waals surface area contributed by atoms with Crippen molar-refractivity contribution < 1.29 is 37.0 Å². The molecule has 236 valence electrons. The van der Waals surface area contributed by atoms with Gasteiger partial charge in [-0.3, -0.25) is 19.6 Å². The number of methoxy groups -OCH3 is 1. The molecule has 4 aromatic rings. The third-order valence-corrected chi connectivity index (χ3v) is 7.28. The Kier molecular flexibility index (Phi) is 9.52.